The number of hydrogen-bond acceptors (Lipinski definition) is 2. The number of hydrogen-bond donors (Lipinski definition) is 2. The summed E-state index contributed by atoms with van der Waals surface area (Å²) >= 11 is 0. The van der Waals surface area contributed by atoms with Crippen LogP contribution in [-0.2, 0) is 11.2 Å². The van der Waals surface area contributed by atoms with Crippen molar-refractivity contribution in [2.24, 2.45) is 0 Å². The number of benzene rings is 1. The van der Waals surface area contributed by atoms with Gasteiger partial charge in [-0.3, -0.25) is 9.59 Å². The van der Waals surface area contributed by atoms with E-state index in [0.29, 0.717) is 24.4 Å². The maximum absolute atomic E-state index is 12.3. The van der Waals surface area contributed by atoms with Gasteiger partial charge in [0.05, 0.1) is 5.52 Å². The van der Waals surface area contributed by atoms with E-state index in [1.165, 1.54) is 24.8 Å². The predicted molar refractivity (Wildman–Crippen MR) is 97.4 cm³/mol. The maximum atomic E-state index is 12.3. The molecule has 0 saturated heterocycles. The second-order valence-electron chi connectivity index (χ2n) is 7.07. The van der Waals surface area contributed by atoms with E-state index in [9.17, 15) is 9.59 Å². The lowest BCUT2D eigenvalue weighted by Crippen LogP contribution is -2.36. The highest BCUT2D eigenvalue weighted by Gasteiger charge is 2.16. The van der Waals surface area contributed by atoms with Crippen LogP contribution in [0.15, 0.2) is 23.0 Å². The Morgan fingerprint density at radius 3 is 2.67 bits per heavy atom. The summed E-state index contributed by atoms with van der Waals surface area (Å²) in [5.74, 6) is 0.0572. The van der Waals surface area contributed by atoms with E-state index in [4.69, 9.17) is 0 Å². The Kier molecular flexibility index (Phi) is 5.03. The van der Waals surface area contributed by atoms with Crippen LogP contribution >= 0.6 is 0 Å². The first kappa shape index (κ1) is 16.7. The van der Waals surface area contributed by atoms with Crippen molar-refractivity contribution in [2.45, 2.75) is 64.8 Å². The van der Waals surface area contributed by atoms with Gasteiger partial charge in [-0.05, 0) is 56.2 Å². The van der Waals surface area contributed by atoms with Crippen molar-refractivity contribution in [3.63, 3.8) is 0 Å². The van der Waals surface area contributed by atoms with Crippen LogP contribution in [0.5, 0.6) is 0 Å². The van der Waals surface area contributed by atoms with Crippen molar-refractivity contribution < 1.29 is 4.79 Å². The molecule has 0 aliphatic heterocycles. The fourth-order valence-electron chi connectivity index (χ4n) is 3.71. The molecule has 4 heteroatoms. The predicted octanol–water partition coefficient (Wildman–Crippen LogP) is 3.53. The van der Waals surface area contributed by atoms with E-state index >= 15 is 0 Å². The molecule has 1 aliphatic rings. The summed E-state index contributed by atoms with van der Waals surface area (Å²) in [4.78, 5) is 27.4. The molecule has 1 aliphatic carbocycles. The smallest absolute Gasteiger partial charge is 0.251 e. The molecular weight excluding hydrogens is 300 g/mol. The molecule has 0 radical (unpaired) electrons. The van der Waals surface area contributed by atoms with Crippen LogP contribution in [0.1, 0.15) is 55.2 Å². The van der Waals surface area contributed by atoms with Gasteiger partial charge in [0, 0.05) is 18.0 Å². The third-order valence-corrected chi connectivity index (χ3v) is 4.96. The summed E-state index contributed by atoms with van der Waals surface area (Å²) in [6.45, 7) is 4.05. The van der Waals surface area contributed by atoms with Crippen LogP contribution < -0.4 is 10.9 Å². The molecule has 0 spiro atoms. The third kappa shape index (κ3) is 3.86. The summed E-state index contributed by atoms with van der Waals surface area (Å²) in [6.07, 6.45) is 6.70. The first-order valence-electron chi connectivity index (χ1n) is 8.95. The highest BCUT2D eigenvalue weighted by Crippen LogP contribution is 2.19. The average Bonchev–Trinajstić information content (AvgIpc) is 2.55. The van der Waals surface area contributed by atoms with Crippen LogP contribution in [0.2, 0.25) is 0 Å². The molecule has 128 valence electrons. The molecule has 1 amide bonds. The largest absolute Gasteiger partial charge is 0.353 e. The van der Waals surface area contributed by atoms with Crippen LogP contribution in [-0.4, -0.2) is 16.9 Å². The van der Waals surface area contributed by atoms with E-state index in [1.54, 1.807) is 0 Å². The minimum atomic E-state index is -0.0834. The van der Waals surface area contributed by atoms with Crippen molar-refractivity contribution in [3.05, 3.63) is 45.2 Å². The van der Waals surface area contributed by atoms with Gasteiger partial charge in [0.25, 0.3) is 5.56 Å². The molecule has 1 heterocycles. The second-order valence-corrected chi connectivity index (χ2v) is 7.07. The van der Waals surface area contributed by atoms with Gasteiger partial charge in [-0.15, -0.1) is 0 Å². The zero-order valence-corrected chi connectivity index (χ0v) is 14.6. The number of H-pyrrole nitrogens is 1. The Morgan fingerprint density at radius 2 is 1.92 bits per heavy atom. The van der Waals surface area contributed by atoms with Crippen LogP contribution in [0.4, 0.5) is 0 Å². The second kappa shape index (κ2) is 7.20. The number of pyridine rings is 1. The first-order chi connectivity index (χ1) is 11.5. The SMILES string of the molecule is Cc1cc(C)c2[nH]c(=O)c(CCC(=O)NC3CCCCC3)cc2c1. The summed E-state index contributed by atoms with van der Waals surface area (Å²) in [5.41, 5.74) is 3.74. The molecule has 1 aromatic heterocycles. The quantitative estimate of drug-likeness (QED) is 0.903. The van der Waals surface area contributed by atoms with Gasteiger partial charge in [0.15, 0.2) is 0 Å². The molecule has 1 saturated carbocycles. The van der Waals surface area contributed by atoms with E-state index in [0.717, 1.165) is 29.3 Å². The molecule has 1 aromatic carbocycles. The molecule has 24 heavy (non-hydrogen) atoms. The minimum absolute atomic E-state index is 0.0572. The number of amides is 1. The standard InChI is InChI=1S/C20H26N2O2/c1-13-10-14(2)19-16(11-13)12-15(20(24)22-19)8-9-18(23)21-17-6-4-3-5-7-17/h10-12,17H,3-9H2,1-2H3,(H,21,23)(H,22,24). The molecular formula is C20H26N2O2. The molecule has 2 aromatic rings. The van der Waals surface area contributed by atoms with Crippen molar-refractivity contribution in [3.8, 4) is 0 Å². The van der Waals surface area contributed by atoms with E-state index in [-0.39, 0.29) is 11.5 Å². The highest BCUT2D eigenvalue weighted by atomic mass is 16.1. The number of aromatic amines is 1. The summed E-state index contributed by atoms with van der Waals surface area (Å²) in [7, 11) is 0. The van der Waals surface area contributed by atoms with Gasteiger partial charge >= 0.3 is 0 Å². The number of fused-ring (bicyclic) bond motifs is 1. The Balaban J connectivity index is 1.69. The fraction of sp³-hybridized carbons (Fsp3) is 0.500. The Morgan fingerprint density at radius 1 is 1.17 bits per heavy atom. The average molecular weight is 326 g/mol. The number of nitrogens with one attached hydrogen (secondary N) is 2. The molecule has 0 atom stereocenters. The zero-order chi connectivity index (χ0) is 17.1. The van der Waals surface area contributed by atoms with Crippen molar-refractivity contribution in [2.75, 3.05) is 0 Å². The third-order valence-electron chi connectivity index (χ3n) is 4.96. The molecule has 4 nitrogen and oxygen atoms in total. The highest BCUT2D eigenvalue weighted by molar-refractivity contribution is 5.83. The lowest BCUT2D eigenvalue weighted by atomic mass is 9.95. The van der Waals surface area contributed by atoms with E-state index in [2.05, 4.69) is 29.4 Å². The van der Waals surface area contributed by atoms with Crippen molar-refractivity contribution in [1.29, 1.82) is 0 Å². The zero-order valence-electron chi connectivity index (χ0n) is 14.6. The van der Waals surface area contributed by atoms with Gasteiger partial charge in [-0.1, -0.05) is 30.9 Å². The van der Waals surface area contributed by atoms with Gasteiger partial charge < -0.3 is 10.3 Å². The first-order valence-corrected chi connectivity index (χ1v) is 8.95. The van der Waals surface area contributed by atoms with Crippen LogP contribution in [0.3, 0.4) is 0 Å². The lowest BCUT2D eigenvalue weighted by molar-refractivity contribution is -0.121. The van der Waals surface area contributed by atoms with Crippen molar-refractivity contribution in [1.82, 2.24) is 10.3 Å². The number of rotatable bonds is 4. The fourth-order valence-corrected chi connectivity index (χ4v) is 3.71. The molecule has 0 bridgehead atoms. The van der Waals surface area contributed by atoms with Gasteiger partial charge in [0.2, 0.25) is 5.91 Å². The van der Waals surface area contributed by atoms with Gasteiger partial charge in [-0.25, -0.2) is 0 Å². The number of aromatic nitrogens is 1. The van der Waals surface area contributed by atoms with Crippen molar-refractivity contribution >= 4 is 16.8 Å². The van der Waals surface area contributed by atoms with Crippen LogP contribution in [0, 0.1) is 13.8 Å². The summed E-state index contributed by atoms with van der Waals surface area (Å²) in [5, 5.41) is 4.15. The Labute approximate surface area is 142 Å². The van der Waals surface area contributed by atoms with Gasteiger partial charge in [0.1, 0.15) is 0 Å². The monoisotopic (exact) mass is 326 g/mol. The van der Waals surface area contributed by atoms with Gasteiger partial charge in [-0.2, -0.15) is 0 Å². The topological polar surface area (TPSA) is 62.0 Å². The van der Waals surface area contributed by atoms with Crippen LogP contribution in [0.25, 0.3) is 10.9 Å². The number of carbonyl (C=O) groups excluding carboxylic acids is 1. The molecule has 1 fully saturated rings. The van der Waals surface area contributed by atoms with E-state index in [1.807, 2.05) is 13.0 Å². The van der Waals surface area contributed by atoms with E-state index < -0.39 is 0 Å². The Hall–Kier alpha value is -2.10. The normalized spacial score (nSPS) is 15.6. The minimum Gasteiger partial charge on any atom is -0.353 e. The Bertz CT molecular complexity index is 801. The molecule has 3 rings (SSSR count). The summed E-state index contributed by atoms with van der Waals surface area (Å²) in [6, 6.07) is 6.40. The maximum Gasteiger partial charge on any atom is 0.251 e. The summed E-state index contributed by atoms with van der Waals surface area (Å²) < 4.78 is 0. The lowest BCUT2D eigenvalue weighted by Gasteiger charge is -2.22. The molecule has 2 N–H and O–H groups in total. The number of aryl methyl sites for hydroxylation is 3. The molecule has 0 unspecified atom stereocenters. The number of carbonyl (C=O) groups is 1.